The molecular formula is C23H23NO4. The van der Waals surface area contributed by atoms with E-state index in [4.69, 9.17) is 9.47 Å². The van der Waals surface area contributed by atoms with Gasteiger partial charge in [0.15, 0.2) is 0 Å². The average Bonchev–Trinajstić information content (AvgIpc) is 2.74. The molecule has 144 valence electrons. The van der Waals surface area contributed by atoms with Crippen LogP contribution in [-0.4, -0.2) is 31.8 Å². The van der Waals surface area contributed by atoms with E-state index < -0.39 is 0 Å². The Morgan fingerprint density at radius 2 is 1.54 bits per heavy atom. The summed E-state index contributed by atoms with van der Waals surface area (Å²) < 4.78 is 10.4. The topological polar surface area (TPSA) is 67.8 Å². The van der Waals surface area contributed by atoms with Gasteiger partial charge in [-0.15, -0.1) is 0 Å². The van der Waals surface area contributed by atoms with Gasteiger partial charge in [-0.05, 0) is 47.4 Å². The summed E-state index contributed by atoms with van der Waals surface area (Å²) in [7, 11) is 3.10. The minimum Gasteiger partial charge on any atom is -0.508 e. The average molecular weight is 377 g/mol. The van der Waals surface area contributed by atoms with Gasteiger partial charge in [-0.2, -0.15) is 0 Å². The monoisotopic (exact) mass is 377 g/mol. The lowest BCUT2D eigenvalue weighted by Crippen LogP contribution is -2.26. The second kappa shape index (κ2) is 8.95. The van der Waals surface area contributed by atoms with Crippen LogP contribution in [0.4, 0.5) is 0 Å². The Kier molecular flexibility index (Phi) is 6.17. The number of hydrogen-bond acceptors (Lipinski definition) is 4. The standard InChI is InChI=1S/C23H23NO4/c1-27-20-11-12-21(22(15-20)28-2)23(26)24-14-13-16-3-5-17(6-4-16)18-7-9-19(25)10-8-18/h3-12,15,25H,13-14H2,1-2H3,(H,24,26). The van der Waals surface area contributed by atoms with Gasteiger partial charge >= 0.3 is 0 Å². The van der Waals surface area contributed by atoms with Crippen molar-refractivity contribution in [2.24, 2.45) is 0 Å². The van der Waals surface area contributed by atoms with Crippen molar-refractivity contribution in [3.63, 3.8) is 0 Å². The Morgan fingerprint density at radius 3 is 2.14 bits per heavy atom. The molecule has 0 saturated heterocycles. The third-order valence-corrected chi connectivity index (χ3v) is 4.51. The number of hydrogen-bond donors (Lipinski definition) is 2. The highest BCUT2D eigenvalue weighted by atomic mass is 16.5. The summed E-state index contributed by atoms with van der Waals surface area (Å²) in [6.45, 7) is 0.520. The summed E-state index contributed by atoms with van der Waals surface area (Å²) in [4.78, 5) is 12.4. The Hall–Kier alpha value is -3.47. The van der Waals surface area contributed by atoms with Crippen LogP contribution >= 0.6 is 0 Å². The lowest BCUT2D eigenvalue weighted by molar-refractivity contribution is 0.0951. The smallest absolute Gasteiger partial charge is 0.255 e. The van der Waals surface area contributed by atoms with Gasteiger partial charge in [0.2, 0.25) is 0 Å². The minimum atomic E-state index is -0.180. The molecule has 0 aliphatic carbocycles. The highest BCUT2D eigenvalue weighted by Crippen LogP contribution is 2.25. The maximum atomic E-state index is 12.4. The van der Waals surface area contributed by atoms with Crippen molar-refractivity contribution < 1.29 is 19.4 Å². The van der Waals surface area contributed by atoms with Crippen molar-refractivity contribution in [1.29, 1.82) is 0 Å². The Labute approximate surface area is 164 Å². The van der Waals surface area contributed by atoms with Crippen LogP contribution in [0.15, 0.2) is 66.7 Å². The molecule has 0 unspecified atom stereocenters. The summed E-state index contributed by atoms with van der Waals surface area (Å²) >= 11 is 0. The van der Waals surface area contributed by atoms with E-state index >= 15 is 0 Å². The molecule has 5 heteroatoms. The number of phenolic OH excluding ortho intramolecular Hbond substituents is 1. The largest absolute Gasteiger partial charge is 0.508 e. The lowest BCUT2D eigenvalue weighted by atomic mass is 10.0. The van der Waals surface area contributed by atoms with Crippen LogP contribution < -0.4 is 14.8 Å². The molecule has 0 aliphatic rings. The molecule has 1 amide bonds. The van der Waals surface area contributed by atoms with Crippen LogP contribution in [0.5, 0.6) is 17.2 Å². The fourth-order valence-electron chi connectivity index (χ4n) is 2.92. The van der Waals surface area contributed by atoms with Gasteiger partial charge in [-0.3, -0.25) is 4.79 Å². The fraction of sp³-hybridized carbons (Fsp3) is 0.174. The maximum absolute atomic E-state index is 12.4. The van der Waals surface area contributed by atoms with E-state index in [2.05, 4.69) is 5.32 Å². The number of carbonyl (C=O) groups excluding carboxylic acids is 1. The van der Waals surface area contributed by atoms with Gasteiger partial charge in [-0.1, -0.05) is 36.4 Å². The van der Waals surface area contributed by atoms with Crippen molar-refractivity contribution >= 4 is 5.91 Å². The number of rotatable bonds is 7. The number of methoxy groups -OCH3 is 2. The lowest BCUT2D eigenvalue weighted by Gasteiger charge is -2.11. The first-order chi connectivity index (χ1) is 13.6. The van der Waals surface area contributed by atoms with E-state index in [0.29, 0.717) is 23.6 Å². The van der Waals surface area contributed by atoms with E-state index in [9.17, 15) is 9.90 Å². The Morgan fingerprint density at radius 1 is 0.893 bits per heavy atom. The third-order valence-electron chi connectivity index (χ3n) is 4.51. The summed E-state index contributed by atoms with van der Waals surface area (Å²) in [5.41, 5.74) is 3.73. The minimum absolute atomic E-state index is 0.180. The van der Waals surface area contributed by atoms with Gasteiger partial charge in [0.25, 0.3) is 5.91 Å². The molecule has 0 atom stereocenters. The zero-order valence-corrected chi connectivity index (χ0v) is 15.9. The third kappa shape index (κ3) is 4.62. The van der Waals surface area contributed by atoms with Gasteiger partial charge in [-0.25, -0.2) is 0 Å². The van der Waals surface area contributed by atoms with Crippen LogP contribution in [0.3, 0.4) is 0 Å². The first kappa shape index (κ1) is 19.3. The van der Waals surface area contributed by atoms with Crippen LogP contribution in [0.2, 0.25) is 0 Å². The van der Waals surface area contributed by atoms with Crippen LogP contribution in [0.25, 0.3) is 11.1 Å². The molecule has 0 spiro atoms. The van der Waals surface area contributed by atoms with E-state index in [1.807, 2.05) is 36.4 Å². The number of carbonyl (C=O) groups is 1. The van der Waals surface area contributed by atoms with Gasteiger partial charge in [0.05, 0.1) is 19.8 Å². The predicted molar refractivity (Wildman–Crippen MR) is 109 cm³/mol. The van der Waals surface area contributed by atoms with Crippen molar-refractivity contribution in [3.05, 3.63) is 77.9 Å². The number of aromatic hydroxyl groups is 1. The van der Waals surface area contributed by atoms with Crippen LogP contribution in [0.1, 0.15) is 15.9 Å². The van der Waals surface area contributed by atoms with Crippen LogP contribution in [0, 0.1) is 0 Å². The predicted octanol–water partition coefficient (Wildman–Crippen LogP) is 4.05. The number of phenols is 1. The van der Waals surface area contributed by atoms with Crippen molar-refractivity contribution in [3.8, 4) is 28.4 Å². The summed E-state index contributed by atoms with van der Waals surface area (Å²) in [5.74, 6) is 1.20. The first-order valence-electron chi connectivity index (χ1n) is 8.99. The second-order valence-electron chi connectivity index (χ2n) is 6.32. The molecule has 2 N–H and O–H groups in total. The molecule has 5 nitrogen and oxygen atoms in total. The fourth-order valence-corrected chi connectivity index (χ4v) is 2.92. The van der Waals surface area contributed by atoms with Crippen molar-refractivity contribution in [2.45, 2.75) is 6.42 Å². The SMILES string of the molecule is COc1ccc(C(=O)NCCc2ccc(-c3ccc(O)cc3)cc2)c(OC)c1. The van der Waals surface area contributed by atoms with E-state index in [-0.39, 0.29) is 11.7 Å². The van der Waals surface area contributed by atoms with Crippen molar-refractivity contribution in [1.82, 2.24) is 5.32 Å². The highest BCUT2D eigenvalue weighted by Gasteiger charge is 2.12. The molecule has 0 radical (unpaired) electrons. The molecule has 3 aromatic rings. The van der Waals surface area contributed by atoms with Gasteiger partial charge in [0.1, 0.15) is 17.2 Å². The van der Waals surface area contributed by atoms with E-state index in [1.54, 1.807) is 37.4 Å². The van der Waals surface area contributed by atoms with Gasteiger partial charge in [0, 0.05) is 12.6 Å². The normalized spacial score (nSPS) is 10.4. The first-order valence-corrected chi connectivity index (χ1v) is 8.99. The molecule has 3 rings (SSSR count). The maximum Gasteiger partial charge on any atom is 0.255 e. The van der Waals surface area contributed by atoms with Crippen molar-refractivity contribution in [2.75, 3.05) is 20.8 Å². The molecule has 0 bridgehead atoms. The van der Waals surface area contributed by atoms with E-state index in [0.717, 1.165) is 23.1 Å². The van der Waals surface area contributed by atoms with Gasteiger partial charge < -0.3 is 19.9 Å². The zero-order chi connectivity index (χ0) is 19.9. The Bertz CT molecular complexity index is 934. The molecule has 3 aromatic carbocycles. The molecule has 28 heavy (non-hydrogen) atoms. The quantitative estimate of drug-likeness (QED) is 0.652. The number of amides is 1. The van der Waals surface area contributed by atoms with E-state index in [1.165, 1.54) is 7.11 Å². The summed E-state index contributed by atoms with van der Waals surface area (Å²) in [6.07, 6.45) is 0.722. The molecule has 0 heterocycles. The Balaban J connectivity index is 1.57. The molecule has 0 aromatic heterocycles. The molecule has 0 fully saturated rings. The number of ether oxygens (including phenoxy) is 2. The zero-order valence-electron chi connectivity index (χ0n) is 15.9. The summed E-state index contributed by atoms with van der Waals surface area (Å²) in [5, 5.41) is 12.3. The molecular weight excluding hydrogens is 354 g/mol. The second-order valence-corrected chi connectivity index (χ2v) is 6.32. The molecule has 0 aliphatic heterocycles. The summed E-state index contributed by atoms with van der Waals surface area (Å²) in [6, 6.07) is 20.4. The molecule has 0 saturated carbocycles. The van der Waals surface area contributed by atoms with Crippen LogP contribution in [-0.2, 0) is 6.42 Å². The highest BCUT2D eigenvalue weighted by molar-refractivity contribution is 5.97. The number of benzene rings is 3. The number of nitrogens with one attached hydrogen (secondary N) is 1.